The standard InChI is InChI=1S/C21H19NO7/c1-12(22-19(24)14-6-4-5-7-15(14)20(22)25)21(26)29-11-17(23)16-9-8-13(27-2)10-18(16)28-3/h4-10,12H,11H2,1-3H3. The van der Waals surface area contributed by atoms with E-state index in [0.717, 1.165) is 4.90 Å². The number of amides is 2. The molecule has 1 heterocycles. The van der Waals surface area contributed by atoms with Crippen LogP contribution in [0.2, 0.25) is 0 Å². The lowest BCUT2D eigenvalue weighted by Gasteiger charge is -2.20. The number of imide groups is 1. The van der Waals surface area contributed by atoms with Crippen LogP contribution in [0.4, 0.5) is 0 Å². The number of hydrogen-bond acceptors (Lipinski definition) is 7. The summed E-state index contributed by atoms with van der Waals surface area (Å²) in [5.74, 6) is -1.71. The maximum atomic E-state index is 12.5. The van der Waals surface area contributed by atoms with Gasteiger partial charge in [-0.25, -0.2) is 4.79 Å². The van der Waals surface area contributed by atoms with Crippen molar-refractivity contribution in [2.45, 2.75) is 13.0 Å². The number of benzene rings is 2. The summed E-state index contributed by atoms with van der Waals surface area (Å²) in [6, 6.07) is 9.76. The van der Waals surface area contributed by atoms with Crippen molar-refractivity contribution < 1.29 is 33.4 Å². The van der Waals surface area contributed by atoms with E-state index in [1.807, 2.05) is 0 Å². The third-order valence-corrected chi connectivity index (χ3v) is 4.61. The molecule has 0 aliphatic carbocycles. The molecule has 29 heavy (non-hydrogen) atoms. The van der Waals surface area contributed by atoms with E-state index in [4.69, 9.17) is 14.2 Å². The van der Waals surface area contributed by atoms with E-state index in [1.165, 1.54) is 45.4 Å². The summed E-state index contributed by atoms with van der Waals surface area (Å²) in [6.07, 6.45) is 0. The van der Waals surface area contributed by atoms with E-state index in [1.54, 1.807) is 18.2 Å². The molecule has 1 atom stereocenters. The smallest absolute Gasteiger partial charge is 0.329 e. The van der Waals surface area contributed by atoms with E-state index in [0.29, 0.717) is 5.75 Å². The lowest BCUT2D eigenvalue weighted by molar-refractivity contribution is -0.146. The van der Waals surface area contributed by atoms with Crippen LogP contribution in [0, 0.1) is 0 Å². The molecular formula is C21H19NO7. The number of methoxy groups -OCH3 is 2. The van der Waals surface area contributed by atoms with Crippen molar-refractivity contribution in [3.8, 4) is 11.5 Å². The average Bonchev–Trinajstić information content (AvgIpc) is 3.01. The number of rotatable bonds is 7. The van der Waals surface area contributed by atoms with Gasteiger partial charge in [-0.2, -0.15) is 0 Å². The second kappa shape index (κ2) is 8.14. The minimum Gasteiger partial charge on any atom is -0.497 e. The molecule has 150 valence electrons. The minimum absolute atomic E-state index is 0.217. The largest absolute Gasteiger partial charge is 0.497 e. The predicted molar refractivity (Wildman–Crippen MR) is 101 cm³/mol. The lowest BCUT2D eigenvalue weighted by atomic mass is 10.1. The molecule has 2 aromatic carbocycles. The zero-order valence-corrected chi connectivity index (χ0v) is 16.1. The lowest BCUT2D eigenvalue weighted by Crippen LogP contribution is -2.44. The fourth-order valence-corrected chi connectivity index (χ4v) is 3.03. The van der Waals surface area contributed by atoms with Crippen LogP contribution in [0.3, 0.4) is 0 Å². The summed E-state index contributed by atoms with van der Waals surface area (Å²) < 4.78 is 15.3. The van der Waals surface area contributed by atoms with Gasteiger partial charge < -0.3 is 14.2 Å². The SMILES string of the molecule is COc1ccc(C(=O)COC(=O)C(C)N2C(=O)c3ccccc3C2=O)c(OC)c1. The predicted octanol–water partition coefficient (Wildman–Crippen LogP) is 2.11. The second-order valence-electron chi connectivity index (χ2n) is 6.30. The maximum Gasteiger partial charge on any atom is 0.329 e. The molecule has 8 nitrogen and oxygen atoms in total. The Hall–Kier alpha value is -3.68. The Morgan fingerprint density at radius 3 is 2.14 bits per heavy atom. The van der Waals surface area contributed by atoms with Gasteiger partial charge in [-0.1, -0.05) is 12.1 Å². The molecule has 1 unspecified atom stereocenters. The van der Waals surface area contributed by atoms with Crippen molar-refractivity contribution in [1.82, 2.24) is 4.90 Å². The Balaban J connectivity index is 1.68. The quantitative estimate of drug-likeness (QED) is 0.401. The Labute approximate surface area is 167 Å². The van der Waals surface area contributed by atoms with Gasteiger partial charge in [0.25, 0.3) is 11.8 Å². The molecule has 0 radical (unpaired) electrons. The highest BCUT2D eigenvalue weighted by Crippen LogP contribution is 2.26. The van der Waals surface area contributed by atoms with Crippen LogP contribution in [-0.2, 0) is 9.53 Å². The molecule has 0 spiro atoms. The molecule has 0 saturated carbocycles. The molecule has 1 aliphatic heterocycles. The van der Waals surface area contributed by atoms with Gasteiger partial charge >= 0.3 is 5.97 Å². The first-order chi connectivity index (χ1) is 13.9. The number of ketones is 1. The monoisotopic (exact) mass is 397 g/mol. The number of Topliss-reactive ketones (excluding diaryl/α,β-unsaturated/α-hetero) is 1. The molecule has 0 aromatic heterocycles. The molecule has 2 aromatic rings. The van der Waals surface area contributed by atoms with Crippen LogP contribution < -0.4 is 9.47 Å². The second-order valence-corrected chi connectivity index (χ2v) is 6.30. The zero-order valence-electron chi connectivity index (χ0n) is 16.1. The van der Waals surface area contributed by atoms with E-state index in [2.05, 4.69) is 0 Å². The molecule has 1 aliphatic rings. The fourth-order valence-electron chi connectivity index (χ4n) is 3.03. The molecule has 0 N–H and O–H groups in total. The van der Waals surface area contributed by atoms with Gasteiger partial charge in [0.2, 0.25) is 5.78 Å². The van der Waals surface area contributed by atoms with Crippen molar-refractivity contribution >= 4 is 23.6 Å². The van der Waals surface area contributed by atoms with Gasteiger partial charge in [0.1, 0.15) is 17.5 Å². The highest BCUT2D eigenvalue weighted by atomic mass is 16.5. The van der Waals surface area contributed by atoms with Gasteiger partial charge in [-0.15, -0.1) is 0 Å². The summed E-state index contributed by atoms with van der Waals surface area (Å²) in [7, 11) is 2.89. The Morgan fingerprint density at radius 2 is 1.59 bits per heavy atom. The van der Waals surface area contributed by atoms with E-state index in [9.17, 15) is 19.2 Å². The highest BCUT2D eigenvalue weighted by molar-refractivity contribution is 6.22. The van der Waals surface area contributed by atoms with Gasteiger partial charge in [-0.3, -0.25) is 19.3 Å². The molecular weight excluding hydrogens is 378 g/mol. The molecule has 8 heteroatoms. The van der Waals surface area contributed by atoms with E-state index >= 15 is 0 Å². The van der Waals surface area contributed by atoms with E-state index in [-0.39, 0.29) is 22.4 Å². The third-order valence-electron chi connectivity index (χ3n) is 4.61. The summed E-state index contributed by atoms with van der Waals surface area (Å²) in [4.78, 5) is 50.6. The number of ether oxygens (including phenoxy) is 3. The summed E-state index contributed by atoms with van der Waals surface area (Å²) in [6.45, 7) is 0.817. The van der Waals surface area contributed by atoms with Gasteiger partial charge in [0.15, 0.2) is 6.61 Å². The van der Waals surface area contributed by atoms with Gasteiger partial charge in [-0.05, 0) is 31.2 Å². The van der Waals surface area contributed by atoms with Crippen molar-refractivity contribution in [3.05, 3.63) is 59.2 Å². The third kappa shape index (κ3) is 3.69. The topological polar surface area (TPSA) is 99.2 Å². The van der Waals surface area contributed by atoms with Crippen molar-refractivity contribution in [3.63, 3.8) is 0 Å². The number of hydrogen-bond donors (Lipinski definition) is 0. The van der Waals surface area contributed by atoms with Crippen LogP contribution >= 0.6 is 0 Å². The Kier molecular flexibility index (Phi) is 5.63. The van der Waals surface area contributed by atoms with Crippen LogP contribution in [-0.4, -0.2) is 55.3 Å². The fraction of sp³-hybridized carbons (Fsp3) is 0.238. The van der Waals surface area contributed by atoms with Gasteiger partial charge in [0.05, 0.1) is 30.9 Å². The molecule has 0 fully saturated rings. The summed E-state index contributed by atoms with van der Waals surface area (Å²) in [5.41, 5.74) is 0.682. The van der Waals surface area contributed by atoms with Crippen LogP contribution in [0.1, 0.15) is 38.0 Å². The summed E-state index contributed by atoms with van der Waals surface area (Å²) >= 11 is 0. The zero-order chi connectivity index (χ0) is 21.1. The minimum atomic E-state index is -1.17. The first-order valence-corrected chi connectivity index (χ1v) is 8.77. The van der Waals surface area contributed by atoms with Crippen molar-refractivity contribution in [1.29, 1.82) is 0 Å². The molecule has 3 rings (SSSR count). The highest BCUT2D eigenvalue weighted by Gasteiger charge is 2.41. The number of fused-ring (bicyclic) bond motifs is 1. The normalized spacial score (nSPS) is 13.7. The molecule has 0 bridgehead atoms. The van der Waals surface area contributed by atoms with Crippen LogP contribution in [0.25, 0.3) is 0 Å². The Bertz CT molecular complexity index is 963. The summed E-state index contributed by atoms with van der Waals surface area (Å²) in [5, 5.41) is 0. The first-order valence-electron chi connectivity index (χ1n) is 8.77. The molecule has 2 amide bonds. The van der Waals surface area contributed by atoms with E-state index < -0.39 is 36.2 Å². The Morgan fingerprint density at radius 1 is 0.966 bits per heavy atom. The maximum absolute atomic E-state index is 12.5. The number of carbonyl (C=O) groups excluding carboxylic acids is 4. The number of nitrogens with zero attached hydrogens (tertiary/aromatic N) is 1. The average molecular weight is 397 g/mol. The number of carbonyl (C=O) groups is 4. The van der Waals surface area contributed by atoms with Crippen molar-refractivity contribution in [2.75, 3.05) is 20.8 Å². The first kappa shape index (κ1) is 20.1. The van der Waals surface area contributed by atoms with Crippen molar-refractivity contribution in [2.24, 2.45) is 0 Å². The molecule has 0 saturated heterocycles. The van der Waals surface area contributed by atoms with Crippen LogP contribution in [0.15, 0.2) is 42.5 Å². The van der Waals surface area contributed by atoms with Gasteiger partial charge in [0, 0.05) is 6.07 Å². The number of esters is 1. The van der Waals surface area contributed by atoms with Crippen LogP contribution in [0.5, 0.6) is 11.5 Å².